The third-order valence-corrected chi connectivity index (χ3v) is 11.1. The van der Waals surface area contributed by atoms with Crippen molar-refractivity contribution in [2.24, 2.45) is 11.8 Å². The molecular formula is C48H91NO9. The number of ether oxygens (including phenoxy) is 4. The Labute approximate surface area is 356 Å². The Morgan fingerprint density at radius 2 is 0.690 bits per heavy atom. The molecule has 0 amide bonds. The second kappa shape index (κ2) is 42.9. The minimum atomic E-state index is -0.334. The molecule has 0 fully saturated rings. The Balaban J connectivity index is 4.27. The topological polar surface area (TPSA) is 129 Å². The van der Waals surface area contributed by atoms with Crippen LogP contribution in [0.25, 0.3) is 0 Å². The molecule has 0 rings (SSSR count). The average Bonchev–Trinajstić information content (AvgIpc) is 3.22. The summed E-state index contributed by atoms with van der Waals surface area (Å²) in [5, 5.41) is 9.51. The number of rotatable bonds is 44. The first-order chi connectivity index (χ1) is 28.3. The number of hydrogen-bond donors (Lipinski definition) is 1. The van der Waals surface area contributed by atoms with Crippen LogP contribution in [0.5, 0.6) is 0 Å². The molecule has 0 spiro atoms. The van der Waals surface area contributed by atoms with Gasteiger partial charge in [-0.3, -0.25) is 24.1 Å². The molecule has 0 aromatic heterocycles. The highest BCUT2D eigenvalue weighted by molar-refractivity contribution is 5.73. The molecule has 0 aliphatic heterocycles. The van der Waals surface area contributed by atoms with Gasteiger partial charge in [0.05, 0.1) is 57.7 Å². The summed E-state index contributed by atoms with van der Waals surface area (Å²) < 4.78 is 22.1. The van der Waals surface area contributed by atoms with Crippen molar-refractivity contribution in [1.82, 2.24) is 4.90 Å². The summed E-state index contributed by atoms with van der Waals surface area (Å²) >= 11 is 0. The lowest BCUT2D eigenvalue weighted by Gasteiger charge is -2.20. The third-order valence-electron chi connectivity index (χ3n) is 11.1. The van der Waals surface area contributed by atoms with Crippen molar-refractivity contribution in [3.8, 4) is 0 Å². The van der Waals surface area contributed by atoms with Gasteiger partial charge in [0.1, 0.15) is 0 Å². The van der Waals surface area contributed by atoms with Crippen LogP contribution in [0.4, 0.5) is 0 Å². The Morgan fingerprint density at radius 1 is 0.397 bits per heavy atom. The maximum absolute atomic E-state index is 12.9. The van der Waals surface area contributed by atoms with Gasteiger partial charge in [0.15, 0.2) is 0 Å². The van der Waals surface area contributed by atoms with Gasteiger partial charge < -0.3 is 24.1 Å². The summed E-state index contributed by atoms with van der Waals surface area (Å²) in [6.45, 7) is 11.0. The fraction of sp³-hybridized carbons (Fsp3) is 0.917. The summed E-state index contributed by atoms with van der Waals surface area (Å²) in [6, 6.07) is 0. The Kier molecular flexibility index (Phi) is 41.3. The van der Waals surface area contributed by atoms with Crippen molar-refractivity contribution in [3.05, 3.63) is 0 Å². The number of unbranched alkanes of at least 4 members (excludes halogenated alkanes) is 18. The molecular weight excluding hydrogens is 735 g/mol. The Morgan fingerprint density at radius 3 is 1.02 bits per heavy atom. The number of aliphatic hydroxyl groups is 1. The number of aliphatic hydroxyl groups excluding tert-OH is 1. The lowest BCUT2D eigenvalue weighted by molar-refractivity contribution is -0.150. The number of carbonyl (C=O) groups excluding carboxylic acids is 4. The molecule has 58 heavy (non-hydrogen) atoms. The average molecular weight is 826 g/mol. The van der Waals surface area contributed by atoms with E-state index >= 15 is 0 Å². The van der Waals surface area contributed by atoms with Gasteiger partial charge in [-0.1, -0.05) is 156 Å². The quantitative estimate of drug-likeness (QED) is 0.0360. The molecule has 0 aromatic carbocycles. The molecule has 2 unspecified atom stereocenters. The monoisotopic (exact) mass is 826 g/mol. The fourth-order valence-electron chi connectivity index (χ4n) is 7.22. The number of esters is 4. The summed E-state index contributed by atoms with van der Waals surface area (Å²) in [5.74, 6) is -0.866. The maximum atomic E-state index is 12.9. The molecule has 0 saturated carbocycles. The van der Waals surface area contributed by atoms with E-state index in [1.807, 2.05) is 4.90 Å². The second-order valence-corrected chi connectivity index (χ2v) is 16.5. The van der Waals surface area contributed by atoms with Crippen LogP contribution < -0.4 is 0 Å². The first-order valence-electron chi connectivity index (χ1n) is 24.3. The van der Waals surface area contributed by atoms with E-state index in [1.165, 1.54) is 89.9 Å². The molecule has 0 radical (unpaired) electrons. The first-order valence-corrected chi connectivity index (χ1v) is 24.3. The molecule has 2 atom stereocenters. The lowest BCUT2D eigenvalue weighted by Crippen LogP contribution is -2.32. The van der Waals surface area contributed by atoms with Gasteiger partial charge in [-0.2, -0.15) is 0 Å². The van der Waals surface area contributed by atoms with Gasteiger partial charge in [0.25, 0.3) is 0 Å². The fourth-order valence-corrected chi connectivity index (χ4v) is 7.22. The molecule has 0 aliphatic carbocycles. The van der Waals surface area contributed by atoms with E-state index in [9.17, 15) is 24.3 Å². The largest absolute Gasteiger partial charge is 0.466 e. The van der Waals surface area contributed by atoms with Crippen molar-refractivity contribution in [2.75, 3.05) is 52.7 Å². The van der Waals surface area contributed by atoms with Crippen LogP contribution in [0, 0.1) is 11.8 Å². The molecule has 0 saturated heterocycles. The normalized spacial score (nSPS) is 12.4. The van der Waals surface area contributed by atoms with Crippen molar-refractivity contribution >= 4 is 23.9 Å². The summed E-state index contributed by atoms with van der Waals surface area (Å²) in [7, 11) is 0. The molecule has 0 aliphatic rings. The van der Waals surface area contributed by atoms with Gasteiger partial charge in [0, 0.05) is 19.6 Å². The zero-order valence-corrected chi connectivity index (χ0v) is 38.2. The van der Waals surface area contributed by atoms with E-state index in [-0.39, 0.29) is 68.4 Å². The summed E-state index contributed by atoms with van der Waals surface area (Å²) in [5.41, 5.74) is 0. The predicted molar refractivity (Wildman–Crippen MR) is 236 cm³/mol. The minimum absolute atomic E-state index is 0.0186. The molecule has 1 N–H and O–H groups in total. The Bertz CT molecular complexity index is 889. The van der Waals surface area contributed by atoms with Crippen LogP contribution in [0.15, 0.2) is 0 Å². The van der Waals surface area contributed by atoms with E-state index in [1.54, 1.807) is 0 Å². The van der Waals surface area contributed by atoms with Crippen LogP contribution in [-0.2, 0) is 38.1 Å². The summed E-state index contributed by atoms with van der Waals surface area (Å²) in [4.78, 5) is 52.4. The number of hydrogen-bond acceptors (Lipinski definition) is 10. The zero-order chi connectivity index (χ0) is 42.7. The molecule has 0 aromatic rings. The summed E-state index contributed by atoms with van der Waals surface area (Å²) in [6.07, 6.45) is 30.2. The number of carbonyl (C=O) groups is 4. The molecule has 0 bridgehead atoms. The van der Waals surface area contributed by atoms with E-state index in [0.717, 1.165) is 64.2 Å². The van der Waals surface area contributed by atoms with Crippen LogP contribution in [0.1, 0.15) is 220 Å². The highest BCUT2D eigenvalue weighted by Gasteiger charge is 2.21. The highest BCUT2D eigenvalue weighted by atomic mass is 16.5. The van der Waals surface area contributed by atoms with Gasteiger partial charge in [-0.25, -0.2) is 0 Å². The van der Waals surface area contributed by atoms with Crippen molar-refractivity contribution < 1.29 is 43.2 Å². The second-order valence-electron chi connectivity index (χ2n) is 16.5. The first kappa shape index (κ1) is 55.8. The molecule has 0 heterocycles. The van der Waals surface area contributed by atoms with Gasteiger partial charge in [-0.05, 0) is 51.4 Å². The van der Waals surface area contributed by atoms with Crippen molar-refractivity contribution in [3.63, 3.8) is 0 Å². The van der Waals surface area contributed by atoms with Crippen molar-refractivity contribution in [1.29, 1.82) is 0 Å². The van der Waals surface area contributed by atoms with E-state index < -0.39 is 0 Å². The minimum Gasteiger partial charge on any atom is -0.466 e. The third kappa shape index (κ3) is 35.7. The van der Waals surface area contributed by atoms with Crippen LogP contribution in [-0.4, -0.2) is 86.6 Å². The van der Waals surface area contributed by atoms with Crippen LogP contribution in [0.2, 0.25) is 0 Å². The van der Waals surface area contributed by atoms with Crippen LogP contribution in [0.3, 0.4) is 0 Å². The highest BCUT2D eigenvalue weighted by Crippen LogP contribution is 2.22. The van der Waals surface area contributed by atoms with Crippen molar-refractivity contribution in [2.45, 2.75) is 220 Å². The predicted octanol–water partition coefficient (Wildman–Crippen LogP) is 11.5. The standard InChI is InChI=1S/C48H91NO9/c1-5-9-13-17-19-23-31-43(29-21-15-11-7-3)47(53)57-41-27-25-39-55-45(51)33-35-49(37-38-50)36-34-46(52)56-40-26-28-42-58-48(54)44(30-22-16-12-8-4)32-24-20-18-14-10-6-2/h43-44,50H,5-42H2,1-4H3. The zero-order valence-electron chi connectivity index (χ0n) is 38.2. The molecule has 10 heteroatoms. The Hall–Kier alpha value is -2.20. The van der Waals surface area contributed by atoms with E-state index in [4.69, 9.17) is 18.9 Å². The van der Waals surface area contributed by atoms with Gasteiger partial charge in [-0.15, -0.1) is 0 Å². The van der Waals surface area contributed by atoms with E-state index in [0.29, 0.717) is 58.5 Å². The van der Waals surface area contributed by atoms with Gasteiger partial charge in [0.2, 0.25) is 0 Å². The van der Waals surface area contributed by atoms with Crippen LogP contribution >= 0.6 is 0 Å². The SMILES string of the molecule is CCCCCCCCC(CCCCCC)C(=O)OCCCCOC(=O)CCN(CCO)CCC(=O)OCCCCOC(=O)C(CCCCCC)CCCCCCCC. The maximum Gasteiger partial charge on any atom is 0.308 e. The molecule has 10 nitrogen and oxygen atoms in total. The van der Waals surface area contributed by atoms with E-state index in [2.05, 4.69) is 27.7 Å². The number of nitrogens with zero attached hydrogens (tertiary/aromatic N) is 1. The smallest absolute Gasteiger partial charge is 0.308 e. The molecule has 342 valence electrons. The lowest BCUT2D eigenvalue weighted by atomic mass is 9.94. The van der Waals surface area contributed by atoms with Gasteiger partial charge >= 0.3 is 23.9 Å².